The van der Waals surface area contributed by atoms with Crippen molar-refractivity contribution in [3.05, 3.63) is 0 Å². The van der Waals surface area contributed by atoms with Gasteiger partial charge in [-0.2, -0.15) is 0 Å². The van der Waals surface area contributed by atoms with Crippen molar-refractivity contribution < 1.29 is 13.6 Å². The van der Waals surface area contributed by atoms with Crippen molar-refractivity contribution in [2.45, 2.75) is 71.6 Å². The third-order valence-electron chi connectivity index (χ3n) is 3.70. The van der Waals surface area contributed by atoms with Gasteiger partial charge in [-0.1, -0.05) is 6.92 Å². The van der Waals surface area contributed by atoms with E-state index in [1.807, 2.05) is 20.8 Å². The van der Waals surface area contributed by atoms with Gasteiger partial charge in [-0.3, -0.25) is 4.79 Å². The molecule has 0 aromatic rings. The van der Waals surface area contributed by atoms with Gasteiger partial charge in [0.2, 0.25) is 0 Å². The zero-order valence-corrected chi connectivity index (χ0v) is 14.9. The molecule has 1 fully saturated rings. The second-order valence-corrected chi connectivity index (χ2v) is 16.0. The van der Waals surface area contributed by atoms with Crippen LogP contribution in [0.15, 0.2) is 0 Å². The van der Waals surface area contributed by atoms with Gasteiger partial charge in [0.15, 0.2) is 16.6 Å². The third-order valence-corrected chi connectivity index (χ3v) is 11.0. The average Bonchev–Trinajstić information content (AvgIpc) is 2.12. The lowest BCUT2D eigenvalue weighted by Gasteiger charge is -2.43. The zero-order chi connectivity index (χ0) is 14.2. The van der Waals surface area contributed by atoms with E-state index in [-0.39, 0.29) is 17.5 Å². The minimum atomic E-state index is -1.64. The van der Waals surface area contributed by atoms with Gasteiger partial charge in [-0.25, -0.2) is 0 Å². The Labute approximate surface area is 114 Å². The van der Waals surface area contributed by atoms with E-state index in [0.29, 0.717) is 0 Å². The second kappa shape index (κ2) is 5.09. The topological polar surface area (TPSA) is 35.5 Å². The molecule has 0 amide bonds. The Balaban J connectivity index is 2.71. The van der Waals surface area contributed by atoms with E-state index in [4.69, 9.17) is 8.85 Å². The van der Waals surface area contributed by atoms with Crippen molar-refractivity contribution in [2.24, 2.45) is 5.41 Å². The molecular weight excluding hydrogens is 260 g/mol. The number of esters is 1. The van der Waals surface area contributed by atoms with Crippen LogP contribution in [0.3, 0.4) is 0 Å². The summed E-state index contributed by atoms with van der Waals surface area (Å²) < 4.78 is 12.0. The monoisotopic (exact) mass is 288 g/mol. The van der Waals surface area contributed by atoms with Crippen LogP contribution in [0.5, 0.6) is 0 Å². The lowest BCUT2D eigenvalue weighted by atomic mass is 9.91. The van der Waals surface area contributed by atoms with Gasteiger partial charge in [0.25, 0.3) is 0 Å². The molecule has 1 saturated heterocycles. The summed E-state index contributed by atoms with van der Waals surface area (Å²) in [4.78, 5) is 12.2. The SMILES string of the molecule is CCC(C)(C)C(=O)OC1C[Si](C)(C)O[Si](C)(C)C1. The lowest BCUT2D eigenvalue weighted by molar-refractivity contribution is -0.158. The van der Waals surface area contributed by atoms with Crippen LogP contribution in [0, 0.1) is 5.41 Å². The van der Waals surface area contributed by atoms with E-state index in [0.717, 1.165) is 18.5 Å². The van der Waals surface area contributed by atoms with Crippen LogP contribution in [0.1, 0.15) is 27.2 Å². The number of hydrogen-bond donors (Lipinski definition) is 0. The predicted octanol–water partition coefficient (Wildman–Crippen LogP) is 3.77. The summed E-state index contributed by atoms with van der Waals surface area (Å²) in [6, 6.07) is 1.88. The van der Waals surface area contributed by atoms with Crippen LogP contribution in [0.25, 0.3) is 0 Å². The molecule has 0 aromatic carbocycles. The maximum atomic E-state index is 12.2. The summed E-state index contributed by atoms with van der Waals surface area (Å²) in [7, 11) is -3.28. The lowest BCUT2D eigenvalue weighted by Crippen LogP contribution is -2.54. The molecule has 0 bridgehead atoms. The molecule has 1 heterocycles. The molecule has 1 aliphatic heterocycles. The summed E-state index contributed by atoms with van der Waals surface area (Å²) in [5.74, 6) is -0.0495. The molecule has 3 nitrogen and oxygen atoms in total. The summed E-state index contributed by atoms with van der Waals surface area (Å²) in [6.07, 6.45) is 0.900. The highest BCUT2D eigenvalue weighted by Gasteiger charge is 2.44. The zero-order valence-electron chi connectivity index (χ0n) is 12.9. The molecule has 0 aromatic heterocycles. The van der Waals surface area contributed by atoms with Crippen molar-refractivity contribution in [2.75, 3.05) is 0 Å². The summed E-state index contributed by atoms with van der Waals surface area (Å²) >= 11 is 0. The Morgan fingerprint density at radius 3 is 2.06 bits per heavy atom. The van der Waals surface area contributed by atoms with Crippen LogP contribution >= 0.6 is 0 Å². The highest BCUT2D eigenvalue weighted by Crippen LogP contribution is 2.34. The minimum absolute atomic E-state index is 0.0495. The van der Waals surface area contributed by atoms with E-state index in [1.165, 1.54) is 0 Å². The maximum absolute atomic E-state index is 12.2. The largest absolute Gasteiger partial charge is 0.462 e. The number of rotatable bonds is 3. The van der Waals surface area contributed by atoms with Gasteiger partial charge in [-0.15, -0.1) is 0 Å². The molecule has 106 valence electrons. The number of carbonyl (C=O) groups excluding carboxylic acids is 1. The smallest absolute Gasteiger partial charge is 0.311 e. The van der Waals surface area contributed by atoms with Crippen molar-refractivity contribution in [3.8, 4) is 0 Å². The fraction of sp³-hybridized carbons (Fsp3) is 0.923. The Morgan fingerprint density at radius 2 is 1.67 bits per heavy atom. The van der Waals surface area contributed by atoms with Crippen molar-refractivity contribution in [1.29, 1.82) is 0 Å². The first-order valence-electron chi connectivity index (χ1n) is 6.89. The Kier molecular flexibility index (Phi) is 4.51. The normalized spacial score (nSPS) is 23.7. The molecule has 0 N–H and O–H groups in total. The first-order chi connectivity index (χ1) is 7.97. The molecule has 18 heavy (non-hydrogen) atoms. The maximum Gasteiger partial charge on any atom is 0.311 e. The molecule has 0 aliphatic carbocycles. The van der Waals surface area contributed by atoms with E-state index < -0.39 is 16.6 Å². The number of ether oxygens (including phenoxy) is 1. The number of hydrogen-bond acceptors (Lipinski definition) is 3. The van der Waals surface area contributed by atoms with E-state index in [1.54, 1.807) is 0 Å². The van der Waals surface area contributed by atoms with Crippen molar-refractivity contribution in [3.63, 3.8) is 0 Å². The van der Waals surface area contributed by atoms with Gasteiger partial charge < -0.3 is 8.85 Å². The van der Waals surface area contributed by atoms with Crippen LogP contribution in [0.2, 0.25) is 38.3 Å². The molecular formula is C13H28O3Si2. The van der Waals surface area contributed by atoms with Gasteiger partial charge >= 0.3 is 5.97 Å². The molecule has 1 aliphatic rings. The highest BCUT2D eigenvalue weighted by atomic mass is 28.4. The first kappa shape index (κ1) is 15.9. The quantitative estimate of drug-likeness (QED) is 0.586. The van der Waals surface area contributed by atoms with Crippen LogP contribution in [0.4, 0.5) is 0 Å². The van der Waals surface area contributed by atoms with Crippen molar-refractivity contribution >= 4 is 22.6 Å². The van der Waals surface area contributed by atoms with Crippen molar-refractivity contribution in [1.82, 2.24) is 0 Å². The summed E-state index contributed by atoms with van der Waals surface area (Å²) in [5.41, 5.74) is -0.365. The fourth-order valence-corrected chi connectivity index (χ4v) is 12.1. The Hall–Kier alpha value is -0.136. The molecule has 0 unspecified atom stereocenters. The van der Waals surface area contributed by atoms with Gasteiger partial charge in [-0.05, 0) is 46.5 Å². The third kappa shape index (κ3) is 4.21. The van der Waals surface area contributed by atoms with Gasteiger partial charge in [0, 0.05) is 12.1 Å². The standard InChI is InChI=1S/C13H28O3Si2/c1-8-13(2,3)12(14)15-11-9-17(4,5)16-18(6,7)10-11/h11H,8-10H2,1-7H3. The van der Waals surface area contributed by atoms with E-state index in [9.17, 15) is 4.79 Å². The van der Waals surface area contributed by atoms with Crippen LogP contribution in [-0.4, -0.2) is 28.7 Å². The summed E-state index contributed by atoms with van der Waals surface area (Å²) in [5, 5.41) is 0. The first-order valence-corrected chi connectivity index (χ1v) is 13.1. The summed E-state index contributed by atoms with van der Waals surface area (Å²) in [6.45, 7) is 14.9. The molecule has 5 heteroatoms. The Bertz CT molecular complexity index is 308. The van der Waals surface area contributed by atoms with E-state index >= 15 is 0 Å². The van der Waals surface area contributed by atoms with E-state index in [2.05, 4.69) is 26.2 Å². The average molecular weight is 289 g/mol. The minimum Gasteiger partial charge on any atom is -0.462 e. The number of carbonyl (C=O) groups is 1. The molecule has 0 radical (unpaired) electrons. The van der Waals surface area contributed by atoms with Gasteiger partial charge in [0.1, 0.15) is 6.10 Å². The fourth-order valence-electron chi connectivity index (χ4n) is 2.54. The second-order valence-electron chi connectivity index (χ2n) is 7.29. The molecule has 0 atom stereocenters. The predicted molar refractivity (Wildman–Crippen MR) is 79.6 cm³/mol. The highest BCUT2D eigenvalue weighted by molar-refractivity contribution is 6.86. The Morgan fingerprint density at radius 1 is 1.22 bits per heavy atom. The van der Waals surface area contributed by atoms with Crippen LogP contribution < -0.4 is 0 Å². The molecule has 0 spiro atoms. The molecule has 1 rings (SSSR count). The van der Waals surface area contributed by atoms with Crippen LogP contribution in [-0.2, 0) is 13.6 Å². The molecule has 0 saturated carbocycles. The van der Waals surface area contributed by atoms with Gasteiger partial charge in [0.05, 0.1) is 5.41 Å².